The first-order valence-corrected chi connectivity index (χ1v) is 5.32. The van der Waals surface area contributed by atoms with Crippen LogP contribution in [-0.4, -0.2) is 23.5 Å². The molecule has 0 aliphatic carbocycles. The van der Waals surface area contributed by atoms with E-state index in [2.05, 4.69) is 10.3 Å². The van der Waals surface area contributed by atoms with E-state index >= 15 is 0 Å². The quantitative estimate of drug-likeness (QED) is 0.681. The molecule has 5 heteroatoms. The number of aryl methyl sites for hydroxylation is 1. The van der Waals surface area contributed by atoms with Crippen molar-refractivity contribution in [1.29, 1.82) is 0 Å². The van der Waals surface area contributed by atoms with Gasteiger partial charge in [0.15, 0.2) is 0 Å². The average molecular weight is 222 g/mol. The largest absolute Gasteiger partial charge is 0.365 e. The Balaban J connectivity index is 3.00. The highest BCUT2D eigenvalue weighted by molar-refractivity contribution is 5.97. The van der Waals surface area contributed by atoms with Gasteiger partial charge < -0.3 is 16.8 Å². The number of pyridine rings is 1. The van der Waals surface area contributed by atoms with Gasteiger partial charge in [-0.05, 0) is 25.5 Å². The van der Waals surface area contributed by atoms with Gasteiger partial charge in [0.25, 0.3) is 5.91 Å². The predicted octanol–water partition coefficient (Wildman–Crippen LogP) is 0.638. The number of nitrogens with zero attached hydrogens (tertiary/aromatic N) is 1. The Morgan fingerprint density at radius 1 is 1.56 bits per heavy atom. The first kappa shape index (κ1) is 12.4. The molecule has 16 heavy (non-hydrogen) atoms. The molecule has 1 aromatic heterocycles. The number of hydrogen-bond acceptors (Lipinski definition) is 4. The predicted molar refractivity (Wildman–Crippen MR) is 64.2 cm³/mol. The zero-order valence-corrected chi connectivity index (χ0v) is 9.66. The number of anilines is 1. The van der Waals surface area contributed by atoms with E-state index in [4.69, 9.17) is 11.5 Å². The van der Waals surface area contributed by atoms with Crippen LogP contribution in [0.15, 0.2) is 12.1 Å². The van der Waals surface area contributed by atoms with Crippen molar-refractivity contribution in [2.45, 2.75) is 26.3 Å². The number of carbonyl (C=O) groups is 1. The maximum absolute atomic E-state index is 11.2. The summed E-state index contributed by atoms with van der Waals surface area (Å²) in [6.45, 7) is 4.37. The molecule has 1 atom stereocenters. The number of nitrogens with two attached hydrogens (primary N) is 2. The summed E-state index contributed by atoms with van der Waals surface area (Å²) in [6.07, 6.45) is 0.865. The molecule has 88 valence electrons. The molecule has 0 spiro atoms. The third-order valence-electron chi connectivity index (χ3n) is 2.42. The van der Waals surface area contributed by atoms with Gasteiger partial charge in [-0.25, -0.2) is 4.98 Å². The monoisotopic (exact) mass is 222 g/mol. The third-order valence-corrected chi connectivity index (χ3v) is 2.42. The Bertz CT molecular complexity index is 374. The summed E-state index contributed by atoms with van der Waals surface area (Å²) in [5.41, 5.74) is 12.1. The highest BCUT2D eigenvalue weighted by atomic mass is 16.1. The van der Waals surface area contributed by atoms with Crippen molar-refractivity contribution in [3.05, 3.63) is 23.4 Å². The molecular weight excluding hydrogens is 204 g/mol. The van der Waals surface area contributed by atoms with Gasteiger partial charge in [-0.1, -0.05) is 6.92 Å². The summed E-state index contributed by atoms with van der Waals surface area (Å²) in [6, 6.07) is 3.54. The fourth-order valence-electron chi connectivity index (χ4n) is 1.39. The molecule has 0 aromatic carbocycles. The number of rotatable bonds is 5. The van der Waals surface area contributed by atoms with Gasteiger partial charge in [-0.15, -0.1) is 0 Å². The van der Waals surface area contributed by atoms with Crippen molar-refractivity contribution in [1.82, 2.24) is 4.98 Å². The minimum atomic E-state index is -0.484. The summed E-state index contributed by atoms with van der Waals surface area (Å²) in [7, 11) is 0. The normalized spacial score (nSPS) is 12.2. The second kappa shape index (κ2) is 5.46. The SMILES string of the molecule is CCC(CN)Nc1nc(C)ccc1C(N)=O. The lowest BCUT2D eigenvalue weighted by atomic mass is 10.2. The third kappa shape index (κ3) is 2.93. The van der Waals surface area contributed by atoms with Gasteiger partial charge in [0.05, 0.1) is 5.56 Å². The maximum atomic E-state index is 11.2. The highest BCUT2D eigenvalue weighted by Gasteiger charge is 2.12. The van der Waals surface area contributed by atoms with Crippen LogP contribution in [0.3, 0.4) is 0 Å². The summed E-state index contributed by atoms with van der Waals surface area (Å²) in [5.74, 6) is 0.0340. The van der Waals surface area contributed by atoms with E-state index in [0.717, 1.165) is 12.1 Å². The molecule has 0 aliphatic heterocycles. The molecule has 0 fully saturated rings. The van der Waals surface area contributed by atoms with Gasteiger partial charge in [-0.3, -0.25) is 4.79 Å². The number of nitrogens with one attached hydrogen (secondary N) is 1. The van der Waals surface area contributed by atoms with Crippen molar-refractivity contribution in [2.24, 2.45) is 11.5 Å². The van der Waals surface area contributed by atoms with Gasteiger partial charge in [-0.2, -0.15) is 0 Å². The van der Waals surface area contributed by atoms with Crippen molar-refractivity contribution >= 4 is 11.7 Å². The molecule has 5 nitrogen and oxygen atoms in total. The first-order chi connectivity index (χ1) is 7.58. The van der Waals surface area contributed by atoms with Gasteiger partial charge in [0, 0.05) is 18.3 Å². The van der Waals surface area contributed by atoms with Crippen LogP contribution in [0.1, 0.15) is 29.4 Å². The maximum Gasteiger partial charge on any atom is 0.252 e. The van der Waals surface area contributed by atoms with E-state index in [1.54, 1.807) is 12.1 Å². The Hall–Kier alpha value is -1.62. The van der Waals surface area contributed by atoms with Crippen molar-refractivity contribution in [3.8, 4) is 0 Å². The molecule has 1 aromatic rings. The molecule has 5 N–H and O–H groups in total. The minimum absolute atomic E-state index is 0.104. The van der Waals surface area contributed by atoms with Crippen molar-refractivity contribution in [2.75, 3.05) is 11.9 Å². The van der Waals surface area contributed by atoms with Crippen LogP contribution in [-0.2, 0) is 0 Å². The molecule has 0 saturated heterocycles. The lowest BCUT2D eigenvalue weighted by Gasteiger charge is -2.17. The lowest BCUT2D eigenvalue weighted by Crippen LogP contribution is -2.30. The fraction of sp³-hybridized carbons (Fsp3) is 0.455. The van der Waals surface area contributed by atoms with E-state index < -0.39 is 5.91 Å². The van der Waals surface area contributed by atoms with E-state index in [-0.39, 0.29) is 6.04 Å². The number of amides is 1. The molecule has 0 saturated carbocycles. The van der Waals surface area contributed by atoms with Gasteiger partial charge >= 0.3 is 0 Å². The smallest absolute Gasteiger partial charge is 0.252 e. The van der Waals surface area contributed by atoms with Gasteiger partial charge in [0.2, 0.25) is 0 Å². The van der Waals surface area contributed by atoms with Crippen molar-refractivity contribution in [3.63, 3.8) is 0 Å². The van der Waals surface area contributed by atoms with E-state index in [0.29, 0.717) is 17.9 Å². The minimum Gasteiger partial charge on any atom is -0.365 e. The molecular formula is C11H18N4O. The van der Waals surface area contributed by atoms with Crippen LogP contribution < -0.4 is 16.8 Å². The molecule has 0 bridgehead atoms. The van der Waals surface area contributed by atoms with E-state index in [1.165, 1.54) is 0 Å². The zero-order chi connectivity index (χ0) is 12.1. The Labute approximate surface area is 95.2 Å². The second-order valence-electron chi connectivity index (χ2n) is 3.70. The first-order valence-electron chi connectivity index (χ1n) is 5.32. The van der Waals surface area contributed by atoms with Crippen molar-refractivity contribution < 1.29 is 4.79 Å². The van der Waals surface area contributed by atoms with Crippen LogP contribution in [0.4, 0.5) is 5.82 Å². The molecule has 0 radical (unpaired) electrons. The topological polar surface area (TPSA) is 94.0 Å². The van der Waals surface area contributed by atoms with Crippen LogP contribution in [0.25, 0.3) is 0 Å². The highest BCUT2D eigenvalue weighted by Crippen LogP contribution is 2.14. The molecule has 0 aliphatic rings. The Morgan fingerprint density at radius 2 is 2.25 bits per heavy atom. The lowest BCUT2D eigenvalue weighted by molar-refractivity contribution is 0.100. The summed E-state index contributed by atoms with van der Waals surface area (Å²) in [5, 5.41) is 3.13. The molecule has 1 unspecified atom stereocenters. The molecule has 1 heterocycles. The molecule has 1 rings (SSSR count). The summed E-state index contributed by atoms with van der Waals surface area (Å²) >= 11 is 0. The Morgan fingerprint density at radius 3 is 2.75 bits per heavy atom. The summed E-state index contributed by atoms with van der Waals surface area (Å²) in [4.78, 5) is 15.5. The summed E-state index contributed by atoms with van der Waals surface area (Å²) < 4.78 is 0. The Kier molecular flexibility index (Phi) is 4.25. The molecule has 1 amide bonds. The van der Waals surface area contributed by atoms with E-state index in [1.807, 2.05) is 13.8 Å². The van der Waals surface area contributed by atoms with E-state index in [9.17, 15) is 4.79 Å². The van der Waals surface area contributed by atoms with Crippen LogP contribution in [0, 0.1) is 6.92 Å². The van der Waals surface area contributed by atoms with Crippen LogP contribution in [0.5, 0.6) is 0 Å². The number of hydrogen-bond donors (Lipinski definition) is 3. The average Bonchev–Trinajstić information content (AvgIpc) is 2.25. The van der Waals surface area contributed by atoms with Gasteiger partial charge in [0.1, 0.15) is 5.82 Å². The fourth-order valence-corrected chi connectivity index (χ4v) is 1.39. The standard InChI is InChI=1S/C11H18N4O/c1-3-8(6-12)15-11-9(10(13)16)5-4-7(2)14-11/h4-5,8H,3,6,12H2,1-2H3,(H2,13,16)(H,14,15). The number of primary amides is 1. The van der Waals surface area contributed by atoms with Crippen LogP contribution in [0.2, 0.25) is 0 Å². The number of carbonyl (C=O) groups excluding carboxylic acids is 1. The number of aromatic nitrogens is 1. The van der Waals surface area contributed by atoms with Crippen LogP contribution >= 0.6 is 0 Å². The second-order valence-corrected chi connectivity index (χ2v) is 3.70. The zero-order valence-electron chi connectivity index (χ0n) is 9.66.